The van der Waals surface area contributed by atoms with Crippen molar-refractivity contribution >= 4 is 17.8 Å². The van der Waals surface area contributed by atoms with E-state index in [4.69, 9.17) is 0 Å². The minimum Gasteiger partial charge on any atom is -0.343 e. The zero-order valence-corrected chi connectivity index (χ0v) is 14.1. The van der Waals surface area contributed by atoms with E-state index in [0.29, 0.717) is 31.7 Å². The van der Waals surface area contributed by atoms with Crippen molar-refractivity contribution < 1.29 is 14.4 Å². The summed E-state index contributed by atoms with van der Waals surface area (Å²) in [5, 5.41) is 5.47. The van der Waals surface area contributed by atoms with Crippen LogP contribution in [-0.4, -0.2) is 66.4 Å². The standard InChI is InChI=1S/C17H24N4O3/c1-13(2)19-17(24)21-10-8-20(9-11-21)15(22)12-18-16(23)14-6-4-3-5-7-14/h3-7,13H,8-12H2,1-2H3,(H,18,23)(H,19,24). The molecule has 1 aliphatic heterocycles. The summed E-state index contributed by atoms with van der Waals surface area (Å²) in [6.07, 6.45) is 0. The molecule has 2 N–H and O–H groups in total. The van der Waals surface area contributed by atoms with Crippen molar-refractivity contribution in [2.75, 3.05) is 32.7 Å². The second-order valence-corrected chi connectivity index (χ2v) is 6.02. The molecule has 4 amide bonds. The summed E-state index contributed by atoms with van der Waals surface area (Å²) in [5.41, 5.74) is 0.528. The van der Waals surface area contributed by atoms with E-state index in [0.717, 1.165) is 0 Å². The number of urea groups is 1. The largest absolute Gasteiger partial charge is 0.343 e. The molecule has 0 aliphatic carbocycles. The van der Waals surface area contributed by atoms with Gasteiger partial charge in [-0.2, -0.15) is 0 Å². The minimum absolute atomic E-state index is 0.0358. The molecule has 0 unspecified atom stereocenters. The predicted octanol–water partition coefficient (Wildman–Crippen LogP) is 0.679. The van der Waals surface area contributed by atoms with Gasteiger partial charge in [-0.3, -0.25) is 9.59 Å². The van der Waals surface area contributed by atoms with Gasteiger partial charge in [-0.25, -0.2) is 4.79 Å². The first-order chi connectivity index (χ1) is 11.5. The van der Waals surface area contributed by atoms with E-state index in [2.05, 4.69) is 10.6 Å². The molecule has 1 aliphatic rings. The van der Waals surface area contributed by atoms with Crippen LogP contribution in [0.5, 0.6) is 0 Å². The number of piperazine rings is 1. The Morgan fingerprint density at radius 2 is 1.58 bits per heavy atom. The van der Waals surface area contributed by atoms with Crippen molar-refractivity contribution in [3.8, 4) is 0 Å². The van der Waals surface area contributed by atoms with Crippen LogP contribution in [-0.2, 0) is 4.79 Å². The molecular formula is C17H24N4O3. The molecule has 0 saturated carbocycles. The summed E-state index contributed by atoms with van der Waals surface area (Å²) in [6, 6.07) is 8.77. The third kappa shape index (κ3) is 4.97. The molecule has 0 spiro atoms. The summed E-state index contributed by atoms with van der Waals surface area (Å²) >= 11 is 0. The summed E-state index contributed by atoms with van der Waals surface area (Å²) in [6.45, 7) is 5.73. The smallest absolute Gasteiger partial charge is 0.317 e. The summed E-state index contributed by atoms with van der Waals surface area (Å²) in [4.78, 5) is 39.4. The van der Waals surface area contributed by atoms with Crippen molar-refractivity contribution in [2.45, 2.75) is 19.9 Å². The number of nitrogens with one attached hydrogen (secondary N) is 2. The maximum Gasteiger partial charge on any atom is 0.317 e. The third-order valence-electron chi connectivity index (χ3n) is 3.77. The van der Waals surface area contributed by atoms with Gasteiger partial charge >= 0.3 is 6.03 Å². The van der Waals surface area contributed by atoms with Crippen molar-refractivity contribution in [3.63, 3.8) is 0 Å². The van der Waals surface area contributed by atoms with E-state index >= 15 is 0 Å². The Balaban J connectivity index is 1.75. The lowest BCUT2D eigenvalue weighted by molar-refractivity contribution is -0.131. The summed E-state index contributed by atoms with van der Waals surface area (Å²) in [7, 11) is 0. The van der Waals surface area contributed by atoms with Crippen LogP contribution in [0.2, 0.25) is 0 Å². The number of rotatable bonds is 4. The highest BCUT2D eigenvalue weighted by atomic mass is 16.2. The highest BCUT2D eigenvalue weighted by Crippen LogP contribution is 2.03. The van der Waals surface area contributed by atoms with Crippen LogP contribution in [0.15, 0.2) is 30.3 Å². The number of hydrogen-bond donors (Lipinski definition) is 2. The Kier molecular flexibility index (Phi) is 6.17. The van der Waals surface area contributed by atoms with Crippen LogP contribution in [0.4, 0.5) is 4.79 Å². The molecule has 130 valence electrons. The van der Waals surface area contributed by atoms with E-state index < -0.39 is 0 Å². The van der Waals surface area contributed by atoms with Gasteiger partial charge in [-0.1, -0.05) is 18.2 Å². The lowest BCUT2D eigenvalue weighted by atomic mass is 10.2. The first-order valence-corrected chi connectivity index (χ1v) is 8.14. The monoisotopic (exact) mass is 332 g/mol. The van der Waals surface area contributed by atoms with E-state index in [1.54, 1.807) is 34.1 Å². The second kappa shape index (κ2) is 8.33. The van der Waals surface area contributed by atoms with Crippen LogP contribution in [0.3, 0.4) is 0 Å². The van der Waals surface area contributed by atoms with Crippen LogP contribution in [0, 0.1) is 0 Å². The maximum absolute atomic E-state index is 12.2. The first kappa shape index (κ1) is 17.8. The fraction of sp³-hybridized carbons (Fsp3) is 0.471. The predicted molar refractivity (Wildman–Crippen MR) is 90.6 cm³/mol. The second-order valence-electron chi connectivity index (χ2n) is 6.02. The molecule has 24 heavy (non-hydrogen) atoms. The SMILES string of the molecule is CC(C)NC(=O)N1CCN(C(=O)CNC(=O)c2ccccc2)CC1. The van der Waals surface area contributed by atoms with E-state index in [9.17, 15) is 14.4 Å². The zero-order valence-electron chi connectivity index (χ0n) is 14.1. The molecule has 1 aromatic carbocycles. The van der Waals surface area contributed by atoms with Crippen molar-refractivity contribution in [3.05, 3.63) is 35.9 Å². The van der Waals surface area contributed by atoms with Gasteiger partial charge in [0.15, 0.2) is 0 Å². The van der Waals surface area contributed by atoms with Crippen LogP contribution in [0.1, 0.15) is 24.2 Å². The van der Waals surface area contributed by atoms with Gasteiger partial charge in [0.05, 0.1) is 6.54 Å². The number of carbonyl (C=O) groups is 3. The molecule has 7 nitrogen and oxygen atoms in total. The van der Waals surface area contributed by atoms with Gasteiger partial charge in [-0.05, 0) is 26.0 Å². The van der Waals surface area contributed by atoms with Crippen LogP contribution < -0.4 is 10.6 Å². The third-order valence-corrected chi connectivity index (χ3v) is 3.77. The van der Waals surface area contributed by atoms with Gasteiger partial charge in [0.25, 0.3) is 5.91 Å². The molecular weight excluding hydrogens is 308 g/mol. The molecule has 1 aromatic rings. The Labute approximate surface area is 142 Å². The molecule has 0 aromatic heterocycles. The summed E-state index contributed by atoms with van der Waals surface area (Å²) in [5.74, 6) is -0.401. The molecule has 1 heterocycles. The molecule has 0 atom stereocenters. The van der Waals surface area contributed by atoms with Crippen molar-refractivity contribution in [2.24, 2.45) is 0 Å². The Bertz CT molecular complexity index is 581. The molecule has 1 fully saturated rings. The van der Waals surface area contributed by atoms with Gasteiger partial charge in [0.1, 0.15) is 0 Å². The summed E-state index contributed by atoms with van der Waals surface area (Å²) < 4.78 is 0. The normalized spacial score (nSPS) is 14.5. The lowest BCUT2D eigenvalue weighted by Crippen LogP contribution is -2.55. The number of nitrogens with zero attached hydrogens (tertiary/aromatic N) is 2. The maximum atomic E-state index is 12.2. The van der Waals surface area contributed by atoms with Gasteiger partial charge < -0.3 is 20.4 Å². The lowest BCUT2D eigenvalue weighted by Gasteiger charge is -2.35. The molecule has 7 heteroatoms. The number of hydrogen-bond acceptors (Lipinski definition) is 3. The zero-order chi connectivity index (χ0) is 17.5. The highest BCUT2D eigenvalue weighted by Gasteiger charge is 2.24. The van der Waals surface area contributed by atoms with E-state index in [-0.39, 0.29) is 30.4 Å². The molecule has 0 radical (unpaired) electrons. The topological polar surface area (TPSA) is 81.8 Å². The molecule has 1 saturated heterocycles. The van der Waals surface area contributed by atoms with Gasteiger partial charge in [0.2, 0.25) is 5.91 Å². The Morgan fingerprint density at radius 3 is 2.17 bits per heavy atom. The Morgan fingerprint density at radius 1 is 1.00 bits per heavy atom. The van der Waals surface area contributed by atoms with Crippen LogP contribution in [0.25, 0.3) is 0 Å². The molecule has 2 rings (SSSR count). The Hall–Kier alpha value is -2.57. The quantitative estimate of drug-likeness (QED) is 0.851. The number of benzene rings is 1. The van der Waals surface area contributed by atoms with Gasteiger partial charge in [-0.15, -0.1) is 0 Å². The van der Waals surface area contributed by atoms with Crippen LogP contribution >= 0.6 is 0 Å². The first-order valence-electron chi connectivity index (χ1n) is 8.14. The fourth-order valence-corrected chi connectivity index (χ4v) is 2.46. The van der Waals surface area contributed by atoms with E-state index in [1.165, 1.54) is 0 Å². The average Bonchev–Trinajstić information content (AvgIpc) is 2.59. The number of carbonyl (C=O) groups excluding carboxylic acids is 3. The van der Waals surface area contributed by atoms with Crippen molar-refractivity contribution in [1.82, 2.24) is 20.4 Å². The molecule has 0 bridgehead atoms. The highest BCUT2D eigenvalue weighted by molar-refractivity contribution is 5.96. The number of amides is 4. The van der Waals surface area contributed by atoms with E-state index in [1.807, 2.05) is 19.9 Å². The van der Waals surface area contributed by atoms with Crippen molar-refractivity contribution in [1.29, 1.82) is 0 Å². The minimum atomic E-state index is -0.265. The fourth-order valence-electron chi connectivity index (χ4n) is 2.46. The van der Waals surface area contributed by atoms with Gasteiger partial charge in [0, 0.05) is 37.8 Å². The average molecular weight is 332 g/mol.